The Morgan fingerprint density at radius 1 is 1.40 bits per heavy atom. The van der Waals surface area contributed by atoms with Gasteiger partial charge in [0.1, 0.15) is 11.6 Å². The van der Waals surface area contributed by atoms with Crippen LogP contribution in [0.2, 0.25) is 0 Å². The Bertz CT molecular complexity index is 378. The van der Waals surface area contributed by atoms with Crippen LogP contribution in [0.4, 0.5) is 0 Å². The van der Waals surface area contributed by atoms with Crippen molar-refractivity contribution in [3.05, 3.63) is 23.3 Å². The number of rotatable bonds is 2. The highest BCUT2D eigenvalue weighted by molar-refractivity contribution is 5.04. The van der Waals surface area contributed by atoms with E-state index in [9.17, 15) is 0 Å². The zero-order valence-corrected chi connectivity index (χ0v) is 9.69. The van der Waals surface area contributed by atoms with E-state index >= 15 is 0 Å². The van der Waals surface area contributed by atoms with Gasteiger partial charge in [-0.15, -0.1) is 0 Å². The average molecular weight is 206 g/mol. The van der Waals surface area contributed by atoms with Crippen molar-refractivity contribution in [2.24, 2.45) is 7.05 Å². The Hall–Kier alpha value is -1.16. The summed E-state index contributed by atoms with van der Waals surface area (Å²) in [5.41, 5.74) is 1.50. The predicted molar refractivity (Wildman–Crippen MR) is 59.4 cm³/mol. The number of hydrogen-bond acceptors (Lipinski definition) is 3. The minimum absolute atomic E-state index is 0.858. The maximum atomic E-state index is 4.41. The lowest BCUT2D eigenvalue weighted by Gasteiger charge is -2.24. The third-order valence-corrected chi connectivity index (χ3v) is 2.84. The molecule has 0 spiro atoms. The summed E-state index contributed by atoms with van der Waals surface area (Å²) >= 11 is 0. The third kappa shape index (κ3) is 2.45. The quantitative estimate of drug-likeness (QED) is 0.683. The normalized spacial score (nSPS) is 17.9. The second kappa shape index (κ2) is 4.14. The zero-order chi connectivity index (χ0) is 10.8. The molecule has 0 saturated carbocycles. The number of nitrogens with zero attached hydrogens (tertiary/aromatic N) is 4. The molecular formula is C11H18N4. The van der Waals surface area contributed by atoms with E-state index < -0.39 is 0 Å². The summed E-state index contributed by atoms with van der Waals surface area (Å²) in [5, 5.41) is 4.25. The Kier molecular flexibility index (Phi) is 2.86. The van der Waals surface area contributed by atoms with Crippen LogP contribution in [0.3, 0.4) is 0 Å². The Balaban J connectivity index is 2.01. The van der Waals surface area contributed by atoms with Gasteiger partial charge >= 0.3 is 0 Å². The highest BCUT2D eigenvalue weighted by atomic mass is 15.3. The minimum Gasteiger partial charge on any atom is -0.292 e. The molecular weight excluding hydrogens is 188 g/mol. The van der Waals surface area contributed by atoms with Crippen LogP contribution in [0.25, 0.3) is 0 Å². The molecule has 1 aliphatic rings. The molecule has 2 rings (SSSR count). The molecule has 0 aromatic carbocycles. The molecule has 0 bridgehead atoms. The molecule has 15 heavy (non-hydrogen) atoms. The van der Waals surface area contributed by atoms with Crippen molar-refractivity contribution in [1.82, 2.24) is 19.7 Å². The molecule has 82 valence electrons. The Morgan fingerprint density at radius 2 is 2.20 bits per heavy atom. The van der Waals surface area contributed by atoms with Gasteiger partial charge < -0.3 is 0 Å². The van der Waals surface area contributed by atoms with Crippen LogP contribution in [0.15, 0.2) is 11.6 Å². The second-order valence-electron chi connectivity index (χ2n) is 4.23. The highest BCUT2D eigenvalue weighted by Crippen LogP contribution is 2.11. The molecule has 2 heterocycles. The monoisotopic (exact) mass is 206 g/mol. The van der Waals surface area contributed by atoms with Crippen molar-refractivity contribution >= 4 is 0 Å². The van der Waals surface area contributed by atoms with E-state index in [1.165, 1.54) is 12.0 Å². The van der Waals surface area contributed by atoms with Crippen molar-refractivity contribution in [3.63, 3.8) is 0 Å². The van der Waals surface area contributed by atoms with E-state index in [-0.39, 0.29) is 0 Å². The summed E-state index contributed by atoms with van der Waals surface area (Å²) in [5.74, 6) is 1.91. The first-order valence-corrected chi connectivity index (χ1v) is 5.39. The lowest BCUT2D eigenvalue weighted by molar-refractivity contribution is 0.274. The molecule has 0 amide bonds. The van der Waals surface area contributed by atoms with Crippen LogP contribution in [-0.4, -0.2) is 32.8 Å². The zero-order valence-electron chi connectivity index (χ0n) is 9.69. The van der Waals surface area contributed by atoms with E-state index in [1.807, 2.05) is 18.7 Å². The summed E-state index contributed by atoms with van der Waals surface area (Å²) in [6.45, 7) is 7.21. The molecule has 0 unspecified atom stereocenters. The highest BCUT2D eigenvalue weighted by Gasteiger charge is 2.12. The van der Waals surface area contributed by atoms with Gasteiger partial charge in [-0.3, -0.25) is 9.58 Å². The van der Waals surface area contributed by atoms with Gasteiger partial charge in [-0.25, -0.2) is 4.98 Å². The predicted octanol–water partition coefficient (Wildman–Crippen LogP) is 1.28. The van der Waals surface area contributed by atoms with Crippen LogP contribution in [0, 0.1) is 6.92 Å². The summed E-state index contributed by atoms with van der Waals surface area (Å²) < 4.78 is 1.88. The maximum absolute atomic E-state index is 4.41. The minimum atomic E-state index is 0.858. The molecule has 0 saturated heterocycles. The third-order valence-electron chi connectivity index (χ3n) is 2.84. The van der Waals surface area contributed by atoms with Crippen LogP contribution in [0.5, 0.6) is 0 Å². The van der Waals surface area contributed by atoms with E-state index in [1.54, 1.807) is 0 Å². The van der Waals surface area contributed by atoms with E-state index in [0.717, 1.165) is 31.3 Å². The molecule has 1 aromatic rings. The van der Waals surface area contributed by atoms with Crippen LogP contribution in [-0.2, 0) is 13.6 Å². The van der Waals surface area contributed by atoms with Crippen LogP contribution in [0.1, 0.15) is 25.0 Å². The van der Waals surface area contributed by atoms with Gasteiger partial charge in [0, 0.05) is 20.1 Å². The van der Waals surface area contributed by atoms with Crippen LogP contribution >= 0.6 is 0 Å². The van der Waals surface area contributed by atoms with Gasteiger partial charge in [0.25, 0.3) is 0 Å². The molecule has 1 aliphatic heterocycles. The number of hydrogen-bond donors (Lipinski definition) is 0. The Labute approximate surface area is 90.6 Å². The van der Waals surface area contributed by atoms with Gasteiger partial charge in [0.2, 0.25) is 0 Å². The van der Waals surface area contributed by atoms with Crippen LogP contribution < -0.4 is 0 Å². The van der Waals surface area contributed by atoms with Crippen molar-refractivity contribution in [1.29, 1.82) is 0 Å². The average Bonchev–Trinajstić information content (AvgIpc) is 2.49. The molecule has 1 aromatic heterocycles. The molecule has 0 aliphatic carbocycles. The standard InChI is InChI=1S/C11H18N4/c1-9-4-6-15(7-5-9)8-11-12-10(2)13-14(11)3/h4H,5-8H2,1-3H3. The molecule has 0 radical (unpaired) electrons. The van der Waals surface area contributed by atoms with Gasteiger partial charge in [-0.2, -0.15) is 5.10 Å². The topological polar surface area (TPSA) is 34.0 Å². The molecule has 0 atom stereocenters. The number of aromatic nitrogens is 3. The van der Waals surface area contributed by atoms with E-state index in [0.29, 0.717) is 0 Å². The Morgan fingerprint density at radius 3 is 2.73 bits per heavy atom. The fourth-order valence-electron chi connectivity index (χ4n) is 1.85. The summed E-state index contributed by atoms with van der Waals surface area (Å²) in [6, 6.07) is 0. The maximum Gasteiger partial charge on any atom is 0.147 e. The smallest absolute Gasteiger partial charge is 0.147 e. The van der Waals surface area contributed by atoms with E-state index in [4.69, 9.17) is 0 Å². The van der Waals surface area contributed by atoms with Gasteiger partial charge in [-0.1, -0.05) is 11.6 Å². The fourth-order valence-corrected chi connectivity index (χ4v) is 1.85. The summed E-state index contributed by atoms with van der Waals surface area (Å²) in [6.07, 6.45) is 3.48. The summed E-state index contributed by atoms with van der Waals surface area (Å²) in [7, 11) is 1.96. The molecule has 4 nitrogen and oxygen atoms in total. The molecule has 4 heteroatoms. The lowest BCUT2D eigenvalue weighted by Crippen LogP contribution is -2.29. The van der Waals surface area contributed by atoms with E-state index in [2.05, 4.69) is 28.0 Å². The van der Waals surface area contributed by atoms with Crippen molar-refractivity contribution in [2.45, 2.75) is 26.8 Å². The van der Waals surface area contributed by atoms with Gasteiger partial charge in [0.05, 0.1) is 6.54 Å². The van der Waals surface area contributed by atoms with Crippen molar-refractivity contribution in [3.8, 4) is 0 Å². The van der Waals surface area contributed by atoms with Crippen molar-refractivity contribution in [2.75, 3.05) is 13.1 Å². The first kappa shape index (κ1) is 10.4. The van der Waals surface area contributed by atoms with Crippen molar-refractivity contribution < 1.29 is 0 Å². The fraction of sp³-hybridized carbons (Fsp3) is 0.636. The number of aryl methyl sites for hydroxylation is 2. The van der Waals surface area contributed by atoms with Gasteiger partial charge in [-0.05, 0) is 20.3 Å². The van der Waals surface area contributed by atoms with Gasteiger partial charge in [0.15, 0.2) is 0 Å². The second-order valence-corrected chi connectivity index (χ2v) is 4.23. The largest absolute Gasteiger partial charge is 0.292 e. The summed E-state index contributed by atoms with van der Waals surface area (Å²) in [4.78, 5) is 6.81. The molecule has 0 fully saturated rings. The lowest BCUT2D eigenvalue weighted by atomic mass is 10.1. The molecule has 0 N–H and O–H groups in total. The SMILES string of the molecule is CC1=CCN(Cc2nc(C)nn2C)CC1. The first-order chi connectivity index (χ1) is 7.15. The first-order valence-electron chi connectivity index (χ1n) is 5.39.